The van der Waals surface area contributed by atoms with Crippen molar-refractivity contribution in [3.63, 3.8) is 0 Å². The van der Waals surface area contributed by atoms with Gasteiger partial charge in [0.1, 0.15) is 5.78 Å². The Morgan fingerprint density at radius 2 is 1.79 bits per heavy atom. The van der Waals surface area contributed by atoms with Gasteiger partial charge in [-0.1, -0.05) is 6.42 Å². The third kappa shape index (κ3) is 2.03. The maximum absolute atomic E-state index is 11.6. The van der Waals surface area contributed by atoms with Crippen molar-refractivity contribution in [3.8, 4) is 0 Å². The van der Waals surface area contributed by atoms with E-state index in [0.29, 0.717) is 6.42 Å². The molecular formula is C11H17NO2. The number of Topliss-reactive ketones (excluding diaryl/α,β-unsaturated/α-hetero) is 2. The van der Waals surface area contributed by atoms with Gasteiger partial charge in [-0.15, -0.1) is 0 Å². The van der Waals surface area contributed by atoms with Crippen LogP contribution in [0.2, 0.25) is 0 Å². The summed E-state index contributed by atoms with van der Waals surface area (Å²) in [5, 5.41) is 0. The van der Waals surface area contributed by atoms with Gasteiger partial charge in [-0.25, -0.2) is 0 Å². The second-order valence-electron chi connectivity index (χ2n) is 4.33. The van der Waals surface area contributed by atoms with Crippen molar-refractivity contribution in [2.24, 2.45) is 0 Å². The predicted octanol–water partition coefficient (Wildman–Crippen LogP) is 1.16. The summed E-state index contributed by atoms with van der Waals surface area (Å²) in [6.07, 6.45) is 5.25. The molecule has 0 radical (unpaired) electrons. The molecule has 3 nitrogen and oxygen atoms in total. The van der Waals surface area contributed by atoms with E-state index in [1.165, 1.54) is 19.3 Å². The lowest BCUT2D eigenvalue weighted by Crippen LogP contribution is -2.46. The summed E-state index contributed by atoms with van der Waals surface area (Å²) in [5.41, 5.74) is 0. The van der Waals surface area contributed by atoms with Crippen molar-refractivity contribution in [1.29, 1.82) is 0 Å². The monoisotopic (exact) mass is 195 g/mol. The summed E-state index contributed by atoms with van der Waals surface area (Å²) in [7, 11) is 0. The first-order chi connectivity index (χ1) is 6.77. The van der Waals surface area contributed by atoms with Crippen LogP contribution in [0.3, 0.4) is 0 Å². The van der Waals surface area contributed by atoms with Crippen LogP contribution in [0.5, 0.6) is 0 Å². The van der Waals surface area contributed by atoms with Gasteiger partial charge in [0.15, 0.2) is 5.78 Å². The topological polar surface area (TPSA) is 37.4 Å². The molecule has 78 valence electrons. The van der Waals surface area contributed by atoms with Crippen molar-refractivity contribution >= 4 is 11.6 Å². The highest BCUT2D eigenvalue weighted by Gasteiger charge is 2.31. The Bertz CT molecular complexity index is 244. The second-order valence-corrected chi connectivity index (χ2v) is 4.33. The highest BCUT2D eigenvalue weighted by molar-refractivity contribution is 6.03. The van der Waals surface area contributed by atoms with Gasteiger partial charge >= 0.3 is 0 Å². The largest absolute Gasteiger partial charge is 0.299 e. The third-order valence-corrected chi connectivity index (χ3v) is 3.27. The lowest BCUT2D eigenvalue weighted by Gasteiger charge is -2.35. The molecule has 2 rings (SSSR count). The Kier molecular flexibility index (Phi) is 2.96. The predicted molar refractivity (Wildman–Crippen MR) is 53.1 cm³/mol. The van der Waals surface area contributed by atoms with Crippen LogP contribution in [-0.4, -0.2) is 35.6 Å². The standard InChI is InChI=1S/C11H17NO2/c13-9-4-5-10(11(14)8-9)12-6-2-1-3-7-12/h10H,1-8H2. The third-order valence-electron chi connectivity index (χ3n) is 3.27. The summed E-state index contributed by atoms with van der Waals surface area (Å²) in [6, 6.07) is 0.0630. The fourth-order valence-electron chi connectivity index (χ4n) is 2.48. The number of carbonyl (C=O) groups excluding carboxylic acids is 2. The smallest absolute Gasteiger partial charge is 0.157 e. The first-order valence-electron chi connectivity index (χ1n) is 5.56. The molecule has 1 aliphatic carbocycles. The van der Waals surface area contributed by atoms with Gasteiger partial charge < -0.3 is 0 Å². The summed E-state index contributed by atoms with van der Waals surface area (Å²) in [4.78, 5) is 25.0. The summed E-state index contributed by atoms with van der Waals surface area (Å²) in [5.74, 6) is 0.284. The van der Waals surface area contributed by atoms with Crippen LogP contribution in [-0.2, 0) is 9.59 Å². The average molecular weight is 195 g/mol. The number of rotatable bonds is 1. The minimum atomic E-state index is 0.0630. The van der Waals surface area contributed by atoms with Crippen molar-refractivity contribution in [2.75, 3.05) is 13.1 Å². The minimum Gasteiger partial charge on any atom is -0.299 e. The van der Waals surface area contributed by atoms with Gasteiger partial charge in [0, 0.05) is 6.42 Å². The fourth-order valence-corrected chi connectivity index (χ4v) is 2.48. The first kappa shape index (κ1) is 9.84. The van der Waals surface area contributed by atoms with Crippen LogP contribution in [0.1, 0.15) is 38.5 Å². The minimum absolute atomic E-state index is 0.0630. The summed E-state index contributed by atoms with van der Waals surface area (Å²) >= 11 is 0. The number of hydrogen-bond acceptors (Lipinski definition) is 3. The van der Waals surface area contributed by atoms with Crippen molar-refractivity contribution in [2.45, 2.75) is 44.6 Å². The molecule has 1 saturated carbocycles. The molecule has 2 aliphatic rings. The number of nitrogens with zero attached hydrogens (tertiary/aromatic N) is 1. The zero-order valence-corrected chi connectivity index (χ0v) is 8.50. The summed E-state index contributed by atoms with van der Waals surface area (Å²) < 4.78 is 0. The molecule has 3 heteroatoms. The number of hydrogen-bond donors (Lipinski definition) is 0. The maximum atomic E-state index is 11.6. The van der Waals surface area contributed by atoms with Gasteiger partial charge in [-0.3, -0.25) is 14.5 Å². The van der Waals surface area contributed by atoms with E-state index in [-0.39, 0.29) is 24.0 Å². The fraction of sp³-hybridized carbons (Fsp3) is 0.818. The Balaban J connectivity index is 1.95. The molecule has 1 heterocycles. The molecule has 0 spiro atoms. The number of piperidine rings is 1. The van der Waals surface area contributed by atoms with E-state index < -0.39 is 0 Å². The molecule has 0 aromatic heterocycles. The molecular weight excluding hydrogens is 178 g/mol. The Morgan fingerprint density at radius 3 is 2.43 bits per heavy atom. The van der Waals surface area contributed by atoms with E-state index in [2.05, 4.69) is 4.90 Å². The van der Waals surface area contributed by atoms with Crippen LogP contribution < -0.4 is 0 Å². The van der Waals surface area contributed by atoms with Crippen LogP contribution in [0.4, 0.5) is 0 Å². The Morgan fingerprint density at radius 1 is 1.07 bits per heavy atom. The molecule has 2 fully saturated rings. The maximum Gasteiger partial charge on any atom is 0.157 e. The average Bonchev–Trinajstić information content (AvgIpc) is 2.19. The van der Waals surface area contributed by atoms with E-state index in [4.69, 9.17) is 0 Å². The van der Waals surface area contributed by atoms with Crippen LogP contribution >= 0.6 is 0 Å². The van der Waals surface area contributed by atoms with Crippen molar-refractivity contribution in [1.82, 2.24) is 4.90 Å². The number of likely N-dealkylation sites (tertiary alicyclic amines) is 1. The molecule has 1 saturated heterocycles. The molecule has 1 unspecified atom stereocenters. The first-order valence-corrected chi connectivity index (χ1v) is 5.56. The van der Waals surface area contributed by atoms with Crippen LogP contribution in [0, 0.1) is 0 Å². The zero-order valence-electron chi connectivity index (χ0n) is 8.50. The van der Waals surface area contributed by atoms with Gasteiger partial charge in [-0.2, -0.15) is 0 Å². The van der Waals surface area contributed by atoms with E-state index in [0.717, 1.165) is 19.5 Å². The van der Waals surface area contributed by atoms with Crippen LogP contribution in [0.25, 0.3) is 0 Å². The van der Waals surface area contributed by atoms with Crippen molar-refractivity contribution in [3.05, 3.63) is 0 Å². The number of ketones is 2. The SMILES string of the molecule is O=C1CCC(N2CCCCC2)C(=O)C1. The molecule has 0 aromatic rings. The normalized spacial score (nSPS) is 30.7. The van der Waals surface area contributed by atoms with Crippen LogP contribution in [0.15, 0.2) is 0 Å². The number of carbonyl (C=O) groups is 2. The van der Waals surface area contributed by atoms with E-state index >= 15 is 0 Å². The van der Waals surface area contributed by atoms with Gasteiger partial charge in [0.2, 0.25) is 0 Å². The second kappa shape index (κ2) is 4.22. The molecule has 1 aliphatic heterocycles. The molecule has 0 N–H and O–H groups in total. The Hall–Kier alpha value is -0.700. The quantitative estimate of drug-likeness (QED) is 0.589. The lowest BCUT2D eigenvalue weighted by molar-refractivity contribution is -0.134. The van der Waals surface area contributed by atoms with Gasteiger partial charge in [0.25, 0.3) is 0 Å². The summed E-state index contributed by atoms with van der Waals surface area (Å²) in [6.45, 7) is 2.09. The van der Waals surface area contributed by atoms with E-state index in [1.807, 2.05) is 0 Å². The molecule has 1 atom stereocenters. The zero-order chi connectivity index (χ0) is 9.97. The highest BCUT2D eigenvalue weighted by Crippen LogP contribution is 2.21. The molecule has 0 bridgehead atoms. The van der Waals surface area contributed by atoms with Gasteiger partial charge in [-0.05, 0) is 32.4 Å². The molecule has 0 aromatic carbocycles. The molecule has 14 heavy (non-hydrogen) atoms. The Labute approximate surface area is 84.5 Å². The van der Waals surface area contributed by atoms with E-state index in [1.54, 1.807) is 0 Å². The van der Waals surface area contributed by atoms with Crippen molar-refractivity contribution < 1.29 is 9.59 Å². The van der Waals surface area contributed by atoms with E-state index in [9.17, 15) is 9.59 Å². The molecule has 0 amide bonds. The highest BCUT2D eigenvalue weighted by atomic mass is 16.2. The lowest BCUT2D eigenvalue weighted by atomic mass is 9.90. The van der Waals surface area contributed by atoms with Gasteiger partial charge in [0.05, 0.1) is 12.5 Å².